The van der Waals surface area contributed by atoms with E-state index in [1.165, 1.54) is 0 Å². The van der Waals surface area contributed by atoms with Gasteiger partial charge in [-0.2, -0.15) is 11.8 Å². The molecule has 2 N–H and O–H groups in total. The number of nitrogens with one attached hydrogen (secondary N) is 1. The molecule has 0 aliphatic carbocycles. The molecule has 0 aliphatic heterocycles. The summed E-state index contributed by atoms with van der Waals surface area (Å²) in [6.45, 7) is 0. The van der Waals surface area contributed by atoms with Gasteiger partial charge in [-0.25, -0.2) is 4.79 Å². The van der Waals surface area contributed by atoms with Crippen molar-refractivity contribution in [1.29, 1.82) is 0 Å². The molecule has 0 unspecified atom stereocenters. The molecule has 4 nitrogen and oxygen atoms in total. The van der Waals surface area contributed by atoms with Gasteiger partial charge in [0.05, 0.1) is 5.56 Å². The number of hydrogen-bond acceptors (Lipinski definition) is 3. The molecule has 6 heteroatoms. The van der Waals surface area contributed by atoms with Gasteiger partial charge in [0.2, 0.25) is 0 Å². The van der Waals surface area contributed by atoms with Crippen LogP contribution in [0.25, 0.3) is 0 Å². The molecule has 1 atom stereocenters. The van der Waals surface area contributed by atoms with Crippen LogP contribution in [0.5, 0.6) is 0 Å². The molecule has 1 amide bonds. The van der Waals surface area contributed by atoms with Crippen LogP contribution in [0.3, 0.4) is 0 Å². The summed E-state index contributed by atoms with van der Waals surface area (Å²) >= 11 is 4.81. The Balaban J connectivity index is 2.72. The monoisotopic (exact) mass is 331 g/mol. The summed E-state index contributed by atoms with van der Waals surface area (Å²) in [7, 11) is 0. The fraction of sp³-hybridized carbons (Fsp3) is 0.333. The Hall–Kier alpha value is -1.01. The van der Waals surface area contributed by atoms with Gasteiger partial charge < -0.3 is 10.4 Å². The molecule has 18 heavy (non-hydrogen) atoms. The van der Waals surface area contributed by atoms with E-state index in [1.54, 1.807) is 36.0 Å². The van der Waals surface area contributed by atoms with Crippen LogP contribution in [0, 0.1) is 0 Å². The summed E-state index contributed by atoms with van der Waals surface area (Å²) in [6.07, 6.45) is 2.31. The third-order valence-electron chi connectivity index (χ3n) is 2.33. The zero-order valence-corrected chi connectivity index (χ0v) is 12.3. The highest BCUT2D eigenvalue weighted by Crippen LogP contribution is 2.16. The van der Waals surface area contributed by atoms with E-state index < -0.39 is 12.0 Å². The van der Waals surface area contributed by atoms with E-state index >= 15 is 0 Å². The lowest BCUT2D eigenvalue weighted by Crippen LogP contribution is -2.41. The summed E-state index contributed by atoms with van der Waals surface area (Å²) < 4.78 is 0.650. The predicted molar refractivity (Wildman–Crippen MR) is 76.0 cm³/mol. The highest BCUT2D eigenvalue weighted by Gasteiger charge is 2.20. The molecule has 1 rings (SSSR count). The van der Waals surface area contributed by atoms with Crippen LogP contribution in [-0.4, -0.2) is 35.0 Å². The summed E-state index contributed by atoms with van der Waals surface area (Å²) in [6, 6.07) is 6.07. The van der Waals surface area contributed by atoms with Crippen molar-refractivity contribution in [3.63, 3.8) is 0 Å². The van der Waals surface area contributed by atoms with Gasteiger partial charge in [-0.15, -0.1) is 0 Å². The van der Waals surface area contributed by atoms with Gasteiger partial charge in [-0.3, -0.25) is 4.79 Å². The topological polar surface area (TPSA) is 66.4 Å². The van der Waals surface area contributed by atoms with Crippen molar-refractivity contribution in [3.8, 4) is 0 Å². The Kier molecular flexibility index (Phi) is 6.21. The number of thioether (sulfide) groups is 1. The fourth-order valence-electron chi connectivity index (χ4n) is 1.37. The maximum absolute atomic E-state index is 11.9. The van der Waals surface area contributed by atoms with Gasteiger partial charge in [0.1, 0.15) is 6.04 Å². The smallest absolute Gasteiger partial charge is 0.326 e. The minimum absolute atomic E-state index is 0.379. The fourth-order valence-corrected chi connectivity index (χ4v) is 2.31. The van der Waals surface area contributed by atoms with E-state index in [9.17, 15) is 9.59 Å². The predicted octanol–water partition coefficient (Wildman–Crippen LogP) is 2.39. The van der Waals surface area contributed by atoms with Crippen LogP contribution >= 0.6 is 27.7 Å². The number of hydrogen-bond donors (Lipinski definition) is 2. The molecule has 0 saturated heterocycles. The lowest BCUT2D eigenvalue weighted by Gasteiger charge is -2.14. The highest BCUT2D eigenvalue weighted by molar-refractivity contribution is 9.10. The number of rotatable bonds is 6. The largest absolute Gasteiger partial charge is 0.480 e. The minimum atomic E-state index is -1.01. The second-order valence-electron chi connectivity index (χ2n) is 3.63. The summed E-state index contributed by atoms with van der Waals surface area (Å²) in [4.78, 5) is 23.0. The molecule has 0 spiro atoms. The van der Waals surface area contributed by atoms with Crippen molar-refractivity contribution in [1.82, 2.24) is 5.32 Å². The van der Waals surface area contributed by atoms with Crippen LogP contribution < -0.4 is 5.32 Å². The standard InChI is InChI=1S/C12H14BrNO3S/c1-18-7-6-10(12(16)17)14-11(15)8-4-2-3-5-9(8)13/h2-5,10H,6-7H2,1H3,(H,14,15)(H,16,17)/t10-/m0/s1. The van der Waals surface area contributed by atoms with Crippen molar-refractivity contribution in [2.45, 2.75) is 12.5 Å². The van der Waals surface area contributed by atoms with Crippen molar-refractivity contribution < 1.29 is 14.7 Å². The van der Waals surface area contributed by atoms with Gasteiger partial charge in [-0.1, -0.05) is 12.1 Å². The number of carboxylic acid groups (broad SMARTS) is 1. The number of carbonyl (C=O) groups is 2. The van der Waals surface area contributed by atoms with Crippen LogP contribution in [0.1, 0.15) is 16.8 Å². The van der Waals surface area contributed by atoms with E-state index in [2.05, 4.69) is 21.2 Å². The first-order valence-corrected chi connectivity index (χ1v) is 7.52. The summed E-state index contributed by atoms with van der Waals surface area (Å²) in [5.74, 6) is -0.701. The molecular formula is C12H14BrNO3S. The molecule has 0 saturated carbocycles. The van der Waals surface area contributed by atoms with Crippen molar-refractivity contribution in [2.24, 2.45) is 0 Å². The van der Waals surface area contributed by atoms with Gasteiger partial charge in [0.15, 0.2) is 0 Å². The van der Waals surface area contributed by atoms with Gasteiger partial charge >= 0.3 is 5.97 Å². The van der Waals surface area contributed by atoms with Crippen LogP contribution in [0.4, 0.5) is 0 Å². The zero-order valence-electron chi connectivity index (χ0n) is 9.85. The number of carboxylic acids is 1. The first kappa shape index (κ1) is 15.0. The number of halogens is 1. The first-order chi connectivity index (χ1) is 8.56. The maximum Gasteiger partial charge on any atom is 0.326 e. The van der Waals surface area contributed by atoms with Crippen molar-refractivity contribution >= 4 is 39.6 Å². The highest BCUT2D eigenvalue weighted by atomic mass is 79.9. The van der Waals surface area contributed by atoms with Crippen molar-refractivity contribution in [2.75, 3.05) is 12.0 Å². The van der Waals surface area contributed by atoms with Crippen molar-refractivity contribution in [3.05, 3.63) is 34.3 Å². The normalized spacial score (nSPS) is 11.9. The van der Waals surface area contributed by atoms with Crippen LogP contribution in [-0.2, 0) is 4.79 Å². The van der Waals surface area contributed by atoms with Crippen LogP contribution in [0.2, 0.25) is 0 Å². The lowest BCUT2D eigenvalue weighted by atomic mass is 10.1. The number of carbonyl (C=O) groups excluding carboxylic acids is 1. The van der Waals surface area contributed by atoms with E-state index in [0.29, 0.717) is 22.2 Å². The molecule has 0 radical (unpaired) electrons. The van der Waals surface area contributed by atoms with Crippen LogP contribution in [0.15, 0.2) is 28.7 Å². The SMILES string of the molecule is CSCC[C@H](NC(=O)c1ccccc1Br)C(=O)O. The molecule has 0 aromatic heterocycles. The zero-order chi connectivity index (χ0) is 13.5. The molecular weight excluding hydrogens is 318 g/mol. The molecule has 98 valence electrons. The average molecular weight is 332 g/mol. The number of benzene rings is 1. The van der Waals surface area contributed by atoms with E-state index in [1.807, 2.05) is 6.26 Å². The average Bonchev–Trinajstić information content (AvgIpc) is 2.34. The lowest BCUT2D eigenvalue weighted by molar-refractivity contribution is -0.139. The molecule has 1 aromatic carbocycles. The second kappa shape index (κ2) is 7.43. The Bertz CT molecular complexity index is 439. The molecule has 1 aromatic rings. The first-order valence-electron chi connectivity index (χ1n) is 5.33. The summed E-state index contributed by atoms with van der Waals surface area (Å²) in [5, 5.41) is 11.6. The second-order valence-corrected chi connectivity index (χ2v) is 5.47. The Morgan fingerprint density at radius 2 is 2.11 bits per heavy atom. The van der Waals surface area contributed by atoms with Gasteiger partial charge in [0, 0.05) is 4.47 Å². The third-order valence-corrected chi connectivity index (χ3v) is 3.67. The minimum Gasteiger partial charge on any atom is -0.480 e. The van der Waals surface area contributed by atoms with E-state index in [0.717, 1.165) is 0 Å². The maximum atomic E-state index is 11.9. The van der Waals surface area contributed by atoms with Gasteiger partial charge in [0.25, 0.3) is 5.91 Å². The Morgan fingerprint density at radius 3 is 2.67 bits per heavy atom. The number of amides is 1. The number of aliphatic carboxylic acids is 1. The Morgan fingerprint density at radius 1 is 1.44 bits per heavy atom. The van der Waals surface area contributed by atoms with Gasteiger partial charge in [-0.05, 0) is 46.5 Å². The quantitative estimate of drug-likeness (QED) is 0.839. The molecule has 0 aliphatic rings. The molecule has 0 bridgehead atoms. The Labute approximate surface area is 118 Å². The van der Waals surface area contributed by atoms with E-state index in [-0.39, 0.29) is 5.91 Å². The summed E-state index contributed by atoms with van der Waals surface area (Å²) in [5.41, 5.74) is 0.438. The molecule has 0 heterocycles. The van der Waals surface area contributed by atoms with E-state index in [4.69, 9.17) is 5.11 Å². The molecule has 0 fully saturated rings. The third kappa shape index (κ3) is 4.34.